The minimum atomic E-state index is -4.33. The van der Waals surface area contributed by atoms with Crippen molar-refractivity contribution in [3.8, 4) is 0 Å². The number of unbranched alkanes of at least 4 members (excludes halogenated alkanes) is 19. The normalized spacial score (nSPS) is 14.9. The van der Waals surface area contributed by atoms with Crippen LogP contribution >= 0.6 is 7.82 Å². The topological polar surface area (TPSA) is 105 Å². The molecule has 326 valence electrons. The van der Waals surface area contributed by atoms with Crippen LogP contribution in [0.15, 0.2) is 60.8 Å². The number of nitrogens with zero attached hydrogens (tertiary/aromatic N) is 1. The van der Waals surface area contributed by atoms with E-state index in [0.717, 1.165) is 64.2 Å². The lowest BCUT2D eigenvalue weighted by atomic mass is 10.0. The Morgan fingerprint density at radius 2 is 1.07 bits per heavy atom. The average molecular weight is 808 g/mol. The molecule has 1 amide bonds. The van der Waals surface area contributed by atoms with Gasteiger partial charge in [0.25, 0.3) is 0 Å². The number of quaternary nitrogens is 1. The molecule has 0 saturated heterocycles. The SMILES string of the molecule is CC/C=C\C/C=C\C/C=C\C/C=C\CCCCCCCCCCCCCCC(=O)NC(COP(=O)(O)OCC[N+](C)(C)C)C(O)/C=C/CCCCCCCCC. The Balaban J connectivity index is 4.19. The van der Waals surface area contributed by atoms with Crippen molar-refractivity contribution in [2.24, 2.45) is 0 Å². The number of carbonyl (C=O) groups is 1. The van der Waals surface area contributed by atoms with Crippen LogP contribution in [0.3, 0.4) is 0 Å². The van der Waals surface area contributed by atoms with E-state index in [0.29, 0.717) is 17.4 Å². The third kappa shape index (κ3) is 40.4. The fourth-order valence-corrected chi connectivity index (χ4v) is 6.88. The van der Waals surface area contributed by atoms with E-state index in [9.17, 15) is 19.4 Å². The molecule has 3 unspecified atom stereocenters. The molecule has 0 aliphatic rings. The highest BCUT2D eigenvalue weighted by Crippen LogP contribution is 2.43. The van der Waals surface area contributed by atoms with Gasteiger partial charge in [-0.1, -0.05) is 177 Å². The molecule has 56 heavy (non-hydrogen) atoms. The number of carbonyl (C=O) groups excluding carboxylic acids is 1. The second-order valence-corrected chi connectivity index (χ2v) is 17.9. The molecule has 0 saturated carbocycles. The minimum Gasteiger partial charge on any atom is -0.387 e. The van der Waals surface area contributed by atoms with E-state index < -0.39 is 20.0 Å². The smallest absolute Gasteiger partial charge is 0.387 e. The minimum absolute atomic E-state index is 0.0589. The van der Waals surface area contributed by atoms with Gasteiger partial charge in [0, 0.05) is 6.42 Å². The van der Waals surface area contributed by atoms with Crippen LogP contribution in [0.25, 0.3) is 0 Å². The van der Waals surface area contributed by atoms with Gasteiger partial charge in [-0.05, 0) is 57.8 Å². The molecule has 0 radical (unpaired) electrons. The first-order chi connectivity index (χ1) is 27.0. The largest absolute Gasteiger partial charge is 0.472 e. The zero-order chi connectivity index (χ0) is 41.4. The molecule has 0 heterocycles. The summed E-state index contributed by atoms with van der Waals surface area (Å²) in [6.07, 6.45) is 50.2. The Kier molecular flexibility index (Phi) is 37.5. The van der Waals surface area contributed by atoms with E-state index in [4.69, 9.17) is 9.05 Å². The Labute approximate surface area is 345 Å². The summed E-state index contributed by atoms with van der Waals surface area (Å²) in [6.45, 7) is 4.65. The van der Waals surface area contributed by atoms with Crippen molar-refractivity contribution >= 4 is 13.7 Å². The Morgan fingerprint density at radius 1 is 0.625 bits per heavy atom. The molecular formula is C47H88N2O6P+. The molecule has 0 aromatic carbocycles. The number of allylic oxidation sites excluding steroid dienone is 9. The number of aliphatic hydroxyl groups is 1. The van der Waals surface area contributed by atoms with Crippen LogP contribution in [0.5, 0.6) is 0 Å². The molecule has 3 N–H and O–H groups in total. The van der Waals surface area contributed by atoms with Gasteiger partial charge in [0.1, 0.15) is 13.2 Å². The summed E-state index contributed by atoms with van der Waals surface area (Å²) in [7, 11) is 1.56. The van der Waals surface area contributed by atoms with E-state index >= 15 is 0 Å². The summed E-state index contributed by atoms with van der Waals surface area (Å²) >= 11 is 0. The summed E-state index contributed by atoms with van der Waals surface area (Å²) in [5.41, 5.74) is 0. The average Bonchev–Trinajstić information content (AvgIpc) is 3.15. The van der Waals surface area contributed by atoms with Crippen LogP contribution in [0.4, 0.5) is 0 Å². The lowest BCUT2D eigenvalue weighted by Gasteiger charge is -2.25. The third-order valence-corrected chi connectivity index (χ3v) is 10.7. The maximum atomic E-state index is 12.8. The highest BCUT2D eigenvalue weighted by atomic mass is 31.2. The summed E-state index contributed by atoms with van der Waals surface area (Å²) in [5, 5.41) is 13.8. The molecule has 0 rings (SSSR count). The number of likely N-dealkylation sites (N-methyl/N-ethyl adjacent to an activating group) is 1. The molecule has 0 aromatic rings. The first kappa shape index (κ1) is 54.2. The highest BCUT2D eigenvalue weighted by Gasteiger charge is 2.27. The number of phosphoric ester groups is 1. The predicted molar refractivity (Wildman–Crippen MR) is 240 cm³/mol. The van der Waals surface area contributed by atoms with Gasteiger partial charge in [-0.2, -0.15) is 0 Å². The fraction of sp³-hybridized carbons (Fsp3) is 0.766. The fourth-order valence-electron chi connectivity index (χ4n) is 6.15. The van der Waals surface area contributed by atoms with Crippen LogP contribution in [0.1, 0.15) is 181 Å². The number of hydrogen-bond donors (Lipinski definition) is 3. The zero-order valence-corrected chi connectivity index (χ0v) is 37.8. The van der Waals surface area contributed by atoms with Crippen molar-refractivity contribution in [1.82, 2.24) is 5.32 Å². The van der Waals surface area contributed by atoms with E-state index in [1.165, 1.54) is 96.3 Å². The van der Waals surface area contributed by atoms with Crippen molar-refractivity contribution in [2.45, 2.75) is 193 Å². The standard InChI is InChI=1S/C47H87N2O6P/c1-6-8-10-12-14-16-17-18-19-20-21-22-23-24-25-26-27-28-29-30-31-33-35-37-39-41-47(51)48-45(44-55-56(52,53)54-43-42-49(3,4)5)46(50)40-38-36-34-32-15-13-11-9-7-2/h8,10,14,16,18-19,21-22,38,40,45-46,50H,6-7,9,11-13,15,17,20,23-37,39,41-44H2,1-5H3,(H-,48,51,52,53)/p+1/b10-8-,16-14-,19-18-,22-21-,40-38+. The van der Waals surface area contributed by atoms with E-state index in [2.05, 4.69) is 67.8 Å². The number of phosphoric acid groups is 1. The van der Waals surface area contributed by atoms with Crippen LogP contribution in [0, 0.1) is 0 Å². The quantitative estimate of drug-likeness (QED) is 0.0246. The van der Waals surface area contributed by atoms with Crippen molar-refractivity contribution in [3.05, 3.63) is 60.8 Å². The molecule has 8 nitrogen and oxygen atoms in total. The van der Waals surface area contributed by atoms with Gasteiger partial charge in [-0.3, -0.25) is 13.8 Å². The van der Waals surface area contributed by atoms with E-state index in [1.807, 2.05) is 27.2 Å². The maximum absolute atomic E-state index is 12.8. The monoisotopic (exact) mass is 808 g/mol. The molecule has 0 spiro atoms. The molecule has 0 aromatic heterocycles. The van der Waals surface area contributed by atoms with Crippen molar-refractivity contribution < 1.29 is 32.9 Å². The van der Waals surface area contributed by atoms with Crippen LogP contribution in [0.2, 0.25) is 0 Å². The molecule has 9 heteroatoms. The molecule has 0 bridgehead atoms. The van der Waals surface area contributed by atoms with Crippen LogP contribution in [-0.2, 0) is 18.4 Å². The Morgan fingerprint density at radius 3 is 1.57 bits per heavy atom. The van der Waals surface area contributed by atoms with Gasteiger partial charge in [0.2, 0.25) is 5.91 Å². The van der Waals surface area contributed by atoms with Crippen molar-refractivity contribution in [1.29, 1.82) is 0 Å². The summed E-state index contributed by atoms with van der Waals surface area (Å²) in [6, 6.07) is -0.847. The molecule has 0 fully saturated rings. The summed E-state index contributed by atoms with van der Waals surface area (Å²) in [4.78, 5) is 23.1. The van der Waals surface area contributed by atoms with Crippen molar-refractivity contribution in [2.75, 3.05) is 40.9 Å². The van der Waals surface area contributed by atoms with Gasteiger partial charge in [0.05, 0.1) is 39.9 Å². The second-order valence-electron chi connectivity index (χ2n) is 16.4. The zero-order valence-electron chi connectivity index (χ0n) is 36.9. The van der Waals surface area contributed by atoms with Crippen LogP contribution < -0.4 is 5.32 Å². The number of amides is 1. The molecular weight excluding hydrogens is 719 g/mol. The van der Waals surface area contributed by atoms with E-state index in [-0.39, 0.29) is 19.1 Å². The highest BCUT2D eigenvalue weighted by molar-refractivity contribution is 7.47. The number of hydrogen-bond acceptors (Lipinski definition) is 5. The Hall–Kier alpha value is -1.80. The van der Waals surface area contributed by atoms with Gasteiger partial charge < -0.3 is 19.8 Å². The first-order valence-corrected chi connectivity index (χ1v) is 24.2. The number of aliphatic hydroxyl groups excluding tert-OH is 1. The van der Waals surface area contributed by atoms with Gasteiger partial charge in [0.15, 0.2) is 0 Å². The number of nitrogens with one attached hydrogen (secondary N) is 1. The summed E-state index contributed by atoms with van der Waals surface area (Å²) < 4.78 is 23.5. The van der Waals surface area contributed by atoms with Gasteiger partial charge in [-0.15, -0.1) is 0 Å². The van der Waals surface area contributed by atoms with Crippen molar-refractivity contribution in [3.63, 3.8) is 0 Å². The third-order valence-electron chi connectivity index (χ3n) is 9.74. The lowest BCUT2D eigenvalue weighted by molar-refractivity contribution is -0.870. The molecule has 0 aliphatic heterocycles. The Bertz CT molecular complexity index is 1100. The lowest BCUT2D eigenvalue weighted by Crippen LogP contribution is -2.45. The second kappa shape index (κ2) is 38.7. The maximum Gasteiger partial charge on any atom is 0.472 e. The van der Waals surface area contributed by atoms with Gasteiger partial charge >= 0.3 is 7.82 Å². The first-order valence-electron chi connectivity index (χ1n) is 22.7. The van der Waals surface area contributed by atoms with Gasteiger partial charge in [-0.25, -0.2) is 4.57 Å². The number of rotatable bonds is 40. The predicted octanol–water partition coefficient (Wildman–Crippen LogP) is 12.6. The molecule has 3 atom stereocenters. The summed E-state index contributed by atoms with van der Waals surface area (Å²) in [5.74, 6) is -0.185. The molecule has 0 aliphatic carbocycles. The van der Waals surface area contributed by atoms with E-state index in [1.54, 1.807) is 6.08 Å². The van der Waals surface area contributed by atoms with Crippen LogP contribution in [-0.4, -0.2) is 73.4 Å².